The topological polar surface area (TPSA) is 54.4 Å². The maximum atomic E-state index is 11.7. The van der Waals surface area contributed by atoms with Gasteiger partial charge in [-0.25, -0.2) is 8.42 Å². The molecule has 1 aromatic carbocycles. The van der Waals surface area contributed by atoms with Crippen molar-refractivity contribution >= 4 is 15.9 Å². The Hall–Kier alpha value is -1.13. The maximum absolute atomic E-state index is 11.7. The summed E-state index contributed by atoms with van der Waals surface area (Å²) in [5.74, 6) is 0.0214. The lowest BCUT2D eigenvalue weighted by Gasteiger charge is -2.16. The third kappa shape index (κ3) is 6.57. The van der Waals surface area contributed by atoms with Gasteiger partial charge in [0.1, 0.15) is 0 Å². The highest BCUT2D eigenvalue weighted by molar-refractivity contribution is 7.91. The van der Waals surface area contributed by atoms with Crippen LogP contribution in [0, 0.1) is 0 Å². The second-order valence-corrected chi connectivity index (χ2v) is 7.22. The van der Waals surface area contributed by atoms with Gasteiger partial charge in [0.2, 0.25) is 0 Å². The molecule has 0 aliphatic heterocycles. The summed E-state index contributed by atoms with van der Waals surface area (Å²) < 4.78 is 23.4. The van der Waals surface area contributed by atoms with Crippen molar-refractivity contribution in [3.63, 3.8) is 0 Å². The van der Waals surface area contributed by atoms with Crippen molar-refractivity contribution < 1.29 is 13.5 Å². The largest absolute Gasteiger partial charge is 0.390 e. The zero-order valence-corrected chi connectivity index (χ0v) is 11.7. The van der Waals surface area contributed by atoms with Gasteiger partial charge in [-0.1, -0.05) is 42.5 Å². The van der Waals surface area contributed by atoms with Gasteiger partial charge in [0.25, 0.3) is 0 Å². The Morgan fingerprint density at radius 3 is 2.39 bits per heavy atom. The van der Waals surface area contributed by atoms with Gasteiger partial charge >= 0.3 is 0 Å². The number of hydrogen-bond donors (Lipinski definition) is 1. The first-order chi connectivity index (χ1) is 8.29. The van der Waals surface area contributed by atoms with Gasteiger partial charge in [0.05, 0.1) is 17.1 Å². The highest BCUT2D eigenvalue weighted by Gasteiger charge is 2.17. The van der Waals surface area contributed by atoms with Crippen LogP contribution in [0.1, 0.15) is 25.8 Å². The van der Waals surface area contributed by atoms with Crippen molar-refractivity contribution in [2.24, 2.45) is 0 Å². The molecule has 1 rings (SSSR count). The summed E-state index contributed by atoms with van der Waals surface area (Å²) in [6.07, 6.45) is 3.70. The van der Waals surface area contributed by atoms with Gasteiger partial charge in [-0.05, 0) is 25.8 Å². The molecular formula is C14H20O3S. The van der Waals surface area contributed by atoms with Crippen molar-refractivity contribution in [2.75, 3.05) is 11.5 Å². The molecule has 0 fully saturated rings. The summed E-state index contributed by atoms with van der Waals surface area (Å²) in [4.78, 5) is 0. The number of hydrogen-bond acceptors (Lipinski definition) is 3. The quantitative estimate of drug-likeness (QED) is 0.861. The van der Waals surface area contributed by atoms with Crippen LogP contribution in [0.4, 0.5) is 0 Å². The Labute approximate surface area is 109 Å². The average Bonchev–Trinajstić information content (AvgIpc) is 2.27. The number of aliphatic hydroxyl groups is 1. The molecule has 0 aliphatic rings. The summed E-state index contributed by atoms with van der Waals surface area (Å²) in [7, 11) is -3.13. The summed E-state index contributed by atoms with van der Waals surface area (Å²) in [5.41, 5.74) is 0.0473. The minimum atomic E-state index is -3.13. The molecule has 0 atom stereocenters. The highest BCUT2D eigenvalue weighted by atomic mass is 32.2. The van der Waals surface area contributed by atoms with E-state index in [1.54, 1.807) is 26.0 Å². The molecule has 0 saturated heterocycles. The van der Waals surface area contributed by atoms with Crippen molar-refractivity contribution in [3.8, 4) is 0 Å². The van der Waals surface area contributed by atoms with Crippen LogP contribution in [0.5, 0.6) is 0 Å². The van der Waals surface area contributed by atoms with Crippen LogP contribution in [-0.4, -0.2) is 30.6 Å². The molecule has 0 saturated carbocycles. The van der Waals surface area contributed by atoms with Crippen LogP contribution in [-0.2, 0) is 9.84 Å². The molecule has 4 heteroatoms. The molecule has 0 amide bonds. The Bertz CT molecular complexity index is 482. The molecule has 1 N–H and O–H groups in total. The molecule has 3 nitrogen and oxygen atoms in total. The molecule has 0 radical (unpaired) electrons. The minimum Gasteiger partial charge on any atom is -0.390 e. The smallest absolute Gasteiger partial charge is 0.153 e. The lowest BCUT2D eigenvalue weighted by molar-refractivity contribution is 0.0772. The van der Waals surface area contributed by atoms with Crippen LogP contribution in [0.3, 0.4) is 0 Å². The van der Waals surface area contributed by atoms with Gasteiger partial charge in [-0.2, -0.15) is 0 Å². The molecule has 18 heavy (non-hydrogen) atoms. The summed E-state index contributed by atoms with van der Waals surface area (Å²) in [5, 5.41) is 9.50. The predicted molar refractivity (Wildman–Crippen MR) is 75.0 cm³/mol. The first-order valence-electron chi connectivity index (χ1n) is 5.93. The predicted octanol–water partition coefficient (Wildman–Crippen LogP) is 2.28. The molecule has 0 bridgehead atoms. The van der Waals surface area contributed by atoms with Gasteiger partial charge in [-0.3, -0.25) is 0 Å². The Morgan fingerprint density at radius 2 is 1.83 bits per heavy atom. The van der Waals surface area contributed by atoms with Crippen LogP contribution < -0.4 is 0 Å². The lowest BCUT2D eigenvalue weighted by Crippen LogP contribution is -2.24. The summed E-state index contributed by atoms with van der Waals surface area (Å²) >= 11 is 0. The van der Waals surface area contributed by atoms with Crippen molar-refractivity contribution in [1.82, 2.24) is 0 Å². The van der Waals surface area contributed by atoms with E-state index in [0.29, 0.717) is 0 Å². The summed E-state index contributed by atoms with van der Waals surface area (Å²) in [6, 6.07) is 9.56. The van der Waals surface area contributed by atoms with Crippen LogP contribution in [0.15, 0.2) is 36.4 Å². The third-order valence-electron chi connectivity index (χ3n) is 2.48. The minimum absolute atomic E-state index is 0.00955. The fraction of sp³-hybridized carbons (Fsp3) is 0.429. The Balaban J connectivity index is 2.50. The molecule has 0 aliphatic carbocycles. The number of rotatable bonds is 6. The van der Waals surface area contributed by atoms with E-state index < -0.39 is 15.4 Å². The van der Waals surface area contributed by atoms with Gasteiger partial charge in [0, 0.05) is 0 Å². The van der Waals surface area contributed by atoms with E-state index in [4.69, 9.17) is 0 Å². The molecular weight excluding hydrogens is 248 g/mol. The Morgan fingerprint density at radius 1 is 1.22 bits per heavy atom. The van der Waals surface area contributed by atoms with E-state index in [0.717, 1.165) is 5.56 Å². The number of benzene rings is 1. The fourth-order valence-electron chi connectivity index (χ4n) is 1.38. The standard InChI is InChI=1S/C14H20O3S/c1-14(2,15)10-12-18(16,17)11-6-9-13-7-4-3-5-8-13/h3-9,15H,10-12H2,1-2H3/b9-6+. The van der Waals surface area contributed by atoms with E-state index in [1.807, 2.05) is 30.3 Å². The first-order valence-corrected chi connectivity index (χ1v) is 7.75. The molecule has 0 heterocycles. The van der Waals surface area contributed by atoms with Crippen LogP contribution in [0.2, 0.25) is 0 Å². The zero-order valence-electron chi connectivity index (χ0n) is 10.8. The average molecular weight is 268 g/mol. The van der Waals surface area contributed by atoms with Crippen molar-refractivity contribution in [2.45, 2.75) is 25.9 Å². The third-order valence-corrected chi connectivity index (χ3v) is 4.01. The van der Waals surface area contributed by atoms with Gasteiger partial charge in [0.15, 0.2) is 9.84 Å². The van der Waals surface area contributed by atoms with Crippen LogP contribution >= 0.6 is 0 Å². The Kier molecular flexibility index (Phi) is 5.11. The second-order valence-electron chi connectivity index (χ2n) is 4.99. The normalized spacial score (nSPS) is 13.1. The monoisotopic (exact) mass is 268 g/mol. The zero-order chi connectivity index (χ0) is 13.6. The van der Waals surface area contributed by atoms with Crippen molar-refractivity contribution in [3.05, 3.63) is 42.0 Å². The molecule has 1 aromatic rings. The van der Waals surface area contributed by atoms with E-state index >= 15 is 0 Å². The fourth-order valence-corrected chi connectivity index (χ4v) is 2.75. The summed E-state index contributed by atoms with van der Waals surface area (Å²) in [6.45, 7) is 3.23. The lowest BCUT2D eigenvalue weighted by atomic mass is 10.1. The van der Waals surface area contributed by atoms with Crippen LogP contribution in [0.25, 0.3) is 6.08 Å². The van der Waals surface area contributed by atoms with Gasteiger partial charge in [-0.15, -0.1) is 0 Å². The van der Waals surface area contributed by atoms with E-state index in [-0.39, 0.29) is 17.9 Å². The van der Waals surface area contributed by atoms with E-state index in [1.165, 1.54) is 0 Å². The molecule has 0 spiro atoms. The molecule has 0 aromatic heterocycles. The van der Waals surface area contributed by atoms with Crippen molar-refractivity contribution in [1.29, 1.82) is 0 Å². The molecule has 100 valence electrons. The SMILES string of the molecule is CC(C)(O)CCS(=O)(=O)C/C=C/c1ccccc1. The first kappa shape index (κ1) is 14.9. The van der Waals surface area contributed by atoms with Gasteiger partial charge < -0.3 is 5.11 Å². The number of sulfone groups is 1. The van der Waals surface area contributed by atoms with E-state index in [9.17, 15) is 13.5 Å². The molecule has 0 unspecified atom stereocenters. The maximum Gasteiger partial charge on any atom is 0.153 e. The van der Waals surface area contributed by atoms with E-state index in [2.05, 4.69) is 0 Å². The highest BCUT2D eigenvalue weighted by Crippen LogP contribution is 2.10. The second kappa shape index (κ2) is 6.16.